The summed E-state index contributed by atoms with van der Waals surface area (Å²) in [7, 11) is 0. The fourth-order valence-corrected chi connectivity index (χ4v) is 1.14. The molecule has 1 unspecified atom stereocenters. The first-order valence-electron chi connectivity index (χ1n) is 5.45. The predicted octanol–water partition coefficient (Wildman–Crippen LogP) is 0.352. The van der Waals surface area contributed by atoms with Crippen LogP contribution in [0.15, 0.2) is 0 Å². The lowest BCUT2D eigenvalue weighted by atomic mass is 10.1. The first kappa shape index (κ1) is 15.1. The first-order valence-corrected chi connectivity index (χ1v) is 5.45. The van der Waals surface area contributed by atoms with E-state index in [1.807, 2.05) is 0 Å². The van der Waals surface area contributed by atoms with Gasteiger partial charge >= 0.3 is 5.97 Å². The standard InChI is InChI=1S/C11H22N2O3/c1-11(2,3)16-10(15)9(13)6-4-5-8(12)7-14/h7-9H,4-6,12-13H2,1-3H3/t8-,9?/m0/s1. The lowest BCUT2D eigenvalue weighted by Crippen LogP contribution is -2.37. The van der Waals surface area contributed by atoms with Crippen molar-refractivity contribution < 1.29 is 14.3 Å². The molecule has 0 heterocycles. The highest BCUT2D eigenvalue weighted by molar-refractivity contribution is 5.75. The average molecular weight is 230 g/mol. The summed E-state index contributed by atoms with van der Waals surface area (Å²) < 4.78 is 5.12. The second-order valence-corrected chi connectivity index (χ2v) is 4.87. The van der Waals surface area contributed by atoms with Crippen LogP contribution in [-0.4, -0.2) is 29.9 Å². The fraction of sp³-hybridized carbons (Fsp3) is 0.818. The van der Waals surface area contributed by atoms with Gasteiger partial charge in [-0.1, -0.05) is 0 Å². The van der Waals surface area contributed by atoms with Crippen molar-refractivity contribution in [1.29, 1.82) is 0 Å². The molecule has 0 saturated carbocycles. The van der Waals surface area contributed by atoms with Gasteiger partial charge in [0.2, 0.25) is 0 Å². The zero-order chi connectivity index (χ0) is 12.8. The van der Waals surface area contributed by atoms with E-state index in [9.17, 15) is 9.59 Å². The summed E-state index contributed by atoms with van der Waals surface area (Å²) in [6.45, 7) is 5.37. The Kier molecular flexibility index (Phi) is 6.21. The molecule has 0 amide bonds. The molecule has 0 aliphatic rings. The number of esters is 1. The smallest absolute Gasteiger partial charge is 0.323 e. The van der Waals surface area contributed by atoms with Gasteiger partial charge < -0.3 is 21.0 Å². The monoisotopic (exact) mass is 230 g/mol. The molecule has 0 radical (unpaired) electrons. The van der Waals surface area contributed by atoms with Gasteiger partial charge in [-0.2, -0.15) is 0 Å². The number of carbonyl (C=O) groups excluding carboxylic acids is 2. The Labute approximate surface area is 96.5 Å². The molecule has 0 aliphatic carbocycles. The van der Waals surface area contributed by atoms with Gasteiger partial charge in [-0.25, -0.2) is 0 Å². The quantitative estimate of drug-likeness (QED) is 0.507. The largest absolute Gasteiger partial charge is 0.459 e. The van der Waals surface area contributed by atoms with E-state index in [4.69, 9.17) is 16.2 Å². The van der Waals surface area contributed by atoms with Crippen molar-refractivity contribution in [3.05, 3.63) is 0 Å². The molecule has 0 spiro atoms. The number of ether oxygens (including phenoxy) is 1. The Morgan fingerprint density at radius 1 is 1.31 bits per heavy atom. The molecule has 0 aliphatic heterocycles. The zero-order valence-electron chi connectivity index (χ0n) is 10.2. The van der Waals surface area contributed by atoms with E-state index in [-0.39, 0.29) is 0 Å². The molecule has 4 N–H and O–H groups in total. The Morgan fingerprint density at radius 2 is 1.88 bits per heavy atom. The van der Waals surface area contributed by atoms with Crippen molar-refractivity contribution in [2.45, 2.75) is 57.7 Å². The molecule has 0 aromatic heterocycles. The van der Waals surface area contributed by atoms with Gasteiger partial charge in [0.05, 0.1) is 6.04 Å². The van der Waals surface area contributed by atoms with Crippen LogP contribution < -0.4 is 11.5 Å². The molecule has 0 bridgehead atoms. The van der Waals surface area contributed by atoms with Crippen molar-refractivity contribution in [3.8, 4) is 0 Å². The molecule has 0 fully saturated rings. The second kappa shape index (κ2) is 6.60. The maximum absolute atomic E-state index is 11.5. The van der Waals surface area contributed by atoms with Crippen LogP contribution in [0.1, 0.15) is 40.0 Å². The van der Waals surface area contributed by atoms with Gasteiger partial charge in [0.15, 0.2) is 0 Å². The maximum Gasteiger partial charge on any atom is 0.323 e. The highest BCUT2D eigenvalue weighted by atomic mass is 16.6. The summed E-state index contributed by atoms with van der Waals surface area (Å²) in [4.78, 5) is 21.7. The van der Waals surface area contributed by atoms with Crippen LogP contribution in [0.4, 0.5) is 0 Å². The van der Waals surface area contributed by atoms with E-state index in [0.717, 1.165) is 0 Å². The summed E-state index contributed by atoms with van der Waals surface area (Å²) in [5.74, 6) is -0.410. The number of nitrogens with two attached hydrogens (primary N) is 2. The lowest BCUT2D eigenvalue weighted by molar-refractivity contribution is -0.156. The molecule has 0 aromatic rings. The Balaban J connectivity index is 3.84. The van der Waals surface area contributed by atoms with Crippen molar-refractivity contribution in [3.63, 3.8) is 0 Å². The van der Waals surface area contributed by atoms with Crippen molar-refractivity contribution >= 4 is 12.3 Å². The van der Waals surface area contributed by atoms with Gasteiger partial charge in [-0.15, -0.1) is 0 Å². The maximum atomic E-state index is 11.5. The van der Waals surface area contributed by atoms with Crippen molar-refractivity contribution in [2.24, 2.45) is 11.5 Å². The number of rotatable bonds is 6. The molecule has 0 rings (SSSR count). The normalized spacial score (nSPS) is 15.3. The summed E-state index contributed by atoms with van der Waals surface area (Å²) >= 11 is 0. The summed E-state index contributed by atoms with van der Waals surface area (Å²) in [6, 6.07) is -1.11. The SMILES string of the molecule is CC(C)(C)OC(=O)C(N)CCC[C@H](N)C=O. The van der Waals surface area contributed by atoms with E-state index in [1.165, 1.54) is 0 Å². The molecular weight excluding hydrogens is 208 g/mol. The van der Waals surface area contributed by atoms with Crippen LogP contribution >= 0.6 is 0 Å². The average Bonchev–Trinajstić information content (AvgIpc) is 2.14. The number of aldehydes is 1. The second-order valence-electron chi connectivity index (χ2n) is 4.87. The molecule has 0 saturated heterocycles. The third kappa shape index (κ3) is 7.36. The fourth-order valence-electron chi connectivity index (χ4n) is 1.14. The van der Waals surface area contributed by atoms with Gasteiger partial charge in [0.1, 0.15) is 17.9 Å². The lowest BCUT2D eigenvalue weighted by Gasteiger charge is -2.22. The molecule has 5 heteroatoms. The van der Waals surface area contributed by atoms with E-state index in [1.54, 1.807) is 20.8 Å². The van der Waals surface area contributed by atoms with Crippen LogP contribution in [0.5, 0.6) is 0 Å². The minimum atomic E-state index is -0.641. The third-order valence-corrected chi connectivity index (χ3v) is 1.94. The van der Waals surface area contributed by atoms with E-state index < -0.39 is 23.7 Å². The number of hydrogen-bond donors (Lipinski definition) is 2. The molecule has 16 heavy (non-hydrogen) atoms. The van der Waals surface area contributed by atoms with Crippen LogP contribution in [0, 0.1) is 0 Å². The molecular formula is C11H22N2O3. The zero-order valence-corrected chi connectivity index (χ0v) is 10.2. The first-order chi connectivity index (χ1) is 7.26. The Hall–Kier alpha value is -0.940. The minimum Gasteiger partial charge on any atom is -0.459 e. The highest BCUT2D eigenvalue weighted by Crippen LogP contribution is 2.10. The molecule has 2 atom stereocenters. The molecule has 5 nitrogen and oxygen atoms in total. The Morgan fingerprint density at radius 3 is 2.31 bits per heavy atom. The van der Waals surface area contributed by atoms with Crippen LogP contribution in [0.25, 0.3) is 0 Å². The van der Waals surface area contributed by atoms with E-state index >= 15 is 0 Å². The van der Waals surface area contributed by atoms with Crippen molar-refractivity contribution in [2.75, 3.05) is 0 Å². The van der Waals surface area contributed by atoms with Crippen LogP contribution in [0.3, 0.4) is 0 Å². The molecule has 94 valence electrons. The van der Waals surface area contributed by atoms with Gasteiger partial charge in [-0.3, -0.25) is 4.79 Å². The number of hydrogen-bond acceptors (Lipinski definition) is 5. The van der Waals surface area contributed by atoms with Gasteiger partial charge in [0, 0.05) is 0 Å². The third-order valence-electron chi connectivity index (χ3n) is 1.94. The van der Waals surface area contributed by atoms with E-state index in [0.29, 0.717) is 25.5 Å². The van der Waals surface area contributed by atoms with Crippen LogP contribution in [0.2, 0.25) is 0 Å². The minimum absolute atomic E-state index is 0.410. The topological polar surface area (TPSA) is 95.4 Å². The summed E-state index contributed by atoms with van der Waals surface area (Å²) in [5, 5.41) is 0. The molecule has 0 aromatic carbocycles. The van der Waals surface area contributed by atoms with Gasteiger partial charge in [-0.05, 0) is 40.0 Å². The highest BCUT2D eigenvalue weighted by Gasteiger charge is 2.21. The summed E-state index contributed by atoms with van der Waals surface area (Å²) in [5.41, 5.74) is 10.5. The number of carbonyl (C=O) groups is 2. The van der Waals surface area contributed by atoms with E-state index in [2.05, 4.69) is 0 Å². The van der Waals surface area contributed by atoms with Crippen molar-refractivity contribution in [1.82, 2.24) is 0 Å². The van der Waals surface area contributed by atoms with Crippen LogP contribution in [-0.2, 0) is 14.3 Å². The van der Waals surface area contributed by atoms with Gasteiger partial charge in [0.25, 0.3) is 0 Å². The Bertz CT molecular complexity index is 236. The predicted molar refractivity (Wildman–Crippen MR) is 61.7 cm³/mol. The summed E-state index contributed by atoms with van der Waals surface area (Å²) in [6.07, 6.45) is 2.36.